The molecular weight excluding hydrogens is 333 g/mol. The molecule has 0 bridgehead atoms. The molecular formula is C17H19Cl2N3O. The second kappa shape index (κ2) is 7.66. The molecule has 1 heterocycles. The molecule has 1 aliphatic rings. The molecule has 6 heteroatoms. The summed E-state index contributed by atoms with van der Waals surface area (Å²) >= 11 is 5.91. The normalized spacial score (nSPS) is 13.3. The zero-order chi connectivity index (χ0) is 15.5. The Morgan fingerprint density at radius 3 is 2.48 bits per heavy atom. The number of pyridine rings is 1. The second-order valence-corrected chi connectivity index (χ2v) is 6.08. The fourth-order valence-corrected chi connectivity index (χ4v) is 2.52. The first-order valence-corrected chi connectivity index (χ1v) is 7.74. The second-order valence-electron chi connectivity index (χ2n) is 5.64. The SMILES string of the molecule is Cl.Nc1ccc(CC(=O)N(Cc2ccc(Cl)cc2)C2CC2)nc1. The van der Waals surface area contributed by atoms with Crippen molar-refractivity contribution < 1.29 is 4.79 Å². The third-order valence-electron chi connectivity index (χ3n) is 3.75. The Morgan fingerprint density at radius 1 is 1.22 bits per heavy atom. The zero-order valence-corrected chi connectivity index (χ0v) is 14.2. The van der Waals surface area contributed by atoms with E-state index in [0.717, 1.165) is 24.1 Å². The van der Waals surface area contributed by atoms with Gasteiger partial charge in [-0.05, 0) is 42.7 Å². The number of anilines is 1. The molecule has 3 rings (SSSR count). The molecule has 1 saturated carbocycles. The van der Waals surface area contributed by atoms with Gasteiger partial charge in [0.2, 0.25) is 5.91 Å². The number of hydrogen-bond acceptors (Lipinski definition) is 3. The predicted molar refractivity (Wildman–Crippen MR) is 94.6 cm³/mol. The highest BCUT2D eigenvalue weighted by molar-refractivity contribution is 6.30. The van der Waals surface area contributed by atoms with Crippen LogP contribution in [0.5, 0.6) is 0 Å². The van der Waals surface area contributed by atoms with Crippen molar-refractivity contribution in [2.45, 2.75) is 31.8 Å². The van der Waals surface area contributed by atoms with Crippen LogP contribution in [0.1, 0.15) is 24.1 Å². The molecule has 23 heavy (non-hydrogen) atoms. The van der Waals surface area contributed by atoms with Crippen molar-refractivity contribution in [3.05, 3.63) is 58.9 Å². The van der Waals surface area contributed by atoms with Crippen LogP contribution >= 0.6 is 24.0 Å². The van der Waals surface area contributed by atoms with Crippen molar-refractivity contribution in [3.63, 3.8) is 0 Å². The average molecular weight is 352 g/mol. The third kappa shape index (κ3) is 4.85. The molecule has 0 unspecified atom stereocenters. The van der Waals surface area contributed by atoms with Gasteiger partial charge in [0.15, 0.2) is 0 Å². The molecule has 2 N–H and O–H groups in total. The van der Waals surface area contributed by atoms with Crippen molar-refractivity contribution in [3.8, 4) is 0 Å². The largest absolute Gasteiger partial charge is 0.397 e. The zero-order valence-electron chi connectivity index (χ0n) is 12.6. The minimum Gasteiger partial charge on any atom is -0.397 e. The molecule has 0 radical (unpaired) electrons. The monoisotopic (exact) mass is 351 g/mol. The molecule has 4 nitrogen and oxygen atoms in total. The molecule has 0 atom stereocenters. The lowest BCUT2D eigenvalue weighted by Gasteiger charge is -2.22. The van der Waals surface area contributed by atoms with Crippen LogP contribution in [-0.4, -0.2) is 21.8 Å². The first-order chi connectivity index (χ1) is 10.6. The third-order valence-corrected chi connectivity index (χ3v) is 4.01. The number of hydrogen-bond donors (Lipinski definition) is 1. The Kier molecular flexibility index (Phi) is 5.85. The standard InChI is InChI=1S/C17H18ClN3O.ClH/c18-13-3-1-12(2-4-13)11-21(16-7-8-16)17(22)9-15-6-5-14(19)10-20-15;/h1-6,10,16H,7-9,11,19H2;1H. The van der Waals surface area contributed by atoms with Crippen LogP contribution in [0.15, 0.2) is 42.6 Å². The quantitative estimate of drug-likeness (QED) is 0.896. The lowest BCUT2D eigenvalue weighted by Crippen LogP contribution is -2.34. The number of aromatic nitrogens is 1. The maximum absolute atomic E-state index is 12.6. The Morgan fingerprint density at radius 2 is 1.91 bits per heavy atom. The number of benzene rings is 1. The van der Waals surface area contributed by atoms with Crippen LogP contribution in [0.25, 0.3) is 0 Å². The van der Waals surface area contributed by atoms with E-state index in [1.807, 2.05) is 29.2 Å². The van der Waals surface area contributed by atoms with Crippen LogP contribution in [-0.2, 0) is 17.8 Å². The van der Waals surface area contributed by atoms with Gasteiger partial charge < -0.3 is 10.6 Å². The highest BCUT2D eigenvalue weighted by Crippen LogP contribution is 2.29. The van der Waals surface area contributed by atoms with Crippen LogP contribution in [0.2, 0.25) is 5.02 Å². The van der Waals surface area contributed by atoms with Crippen LogP contribution in [0, 0.1) is 0 Å². The number of carbonyl (C=O) groups excluding carboxylic acids is 1. The summed E-state index contributed by atoms with van der Waals surface area (Å²) in [6.45, 7) is 0.621. The minimum atomic E-state index is 0. The fourth-order valence-electron chi connectivity index (χ4n) is 2.39. The van der Waals surface area contributed by atoms with Crippen LogP contribution in [0.3, 0.4) is 0 Å². The fraction of sp³-hybridized carbons (Fsp3) is 0.294. The van der Waals surface area contributed by atoms with Gasteiger partial charge in [-0.3, -0.25) is 9.78 Å². The van der Waals surface area contributed by atoms with E-state index in [1.54, 1.807) is 18.3 Å². The maximum Gasteiger partial charge on any atom is 0.229 e. The summed E-state index contributed by atoms with van der Waals surface area (Å²) in [6.07, 6.45) is 4.05. The van der Waals surface area contributed by atoms with E-state index in [0.29, 0.717) is 29.7 Å². The van der Waals surface area contributed by atoms with Gasteiger partial charge in [0, 0.05) is 23.3 Å². The van der Waals surface area contributed by atoms with E-state index in [-0.39, 0.29) is 18.3 Å². The van der Waals surface area contributed by atoms with E-state index in [1.165, 1.54) is 0 Å². The summed E-state index contributed by atoms with van der Waals surface area (Å²) in [5.74, 6) is 0.106. The molecule has 1 fully saturated rings. The van der Waals surface area contributed by atoms with Gasteiger partial charge in [-0.25, -0.2) is 0 Å². The summed E-state index contributed by atoms with van der Waals surface area (Å²) < 4.78 is 0. The van der Waals surface area contributed by atoms with Gasteiger partial charge in [-0.2, -0.15) is 0 Å². The van der Waals surface area contributed by atoms with Gasteiger partial charge in [0.1, 0.15) is 0 Å². The highest BCUT2D eigenvalue weighted by atomic mass is 35.5. The molecule has 1 amide bonds. The van der Waals surface area contributed by atoms with Crippen molar-refractivity contribution in [1.82, 2.24) is 9.88 Å². The van der Waals surface area contributed by atoms with Crippen molar-refractivity contribution in [2.24, 2.45) is 0 Å². The number of amides is 1. The van der Waals surface area contributed by atoms with Gasteiger partial charge >= 0.3 is 0 Å². The van der Waals surface area contributed by atoms with Gasteiger partial charge in [-0.1, -0.05) is 23.7 Å². The van der Waals surface area contributed by atoms with Crippen LogP contribution in [0.4, 0.5) is 5.69 Å². The Labute approximate surface area is 147 Å². The molecule has 0 aliphatic heterocycles. The van der Waals surface area contributed by atoms with Gasteiger partial charge in [0.05, 0.1) is 18.3 Å². The molecule has 1 aromatic carbocycles. The van der Waals surface area contributed by atoms with Crippen molar-refractivity contribution in [2.75, 3.05) is 5.73 Å². The van der Waals surface area contributed by atoms with E-state index >= 15 is 0 Å². The average Bonchev–Trinajstić information content (AvgIpc) is 3.33. The van der Waals surface area contributed by atoms with E-state index in [4.69, 9.17) is 17.3 Å². The lowest BCUT2D eigenvalue weighted by molar-refractivity contribution is -0.131. The number of nitrogens with zero attached hydrogens (tertiary/aromatic N) is 2. The first-order valence-electron chi connectivity index (χ1n) is 7.36. The number of carbonyl (C=O) groups is 1. The molecule has 122 valence electrons. The Bertz CT molecular complexity index is 655. The summed E-state index contributed by atoms with van der Waals surface area (Å²) in [4.78, 5) is 18.7. The topological polar surface area (TPSA) is 59.2 Å². The number of nitrogen functional groups attached to an aromatic ring is 1. The summed E-state index contributed by atoms with van der Waals surface area (Å²) in [7, 11) is 0. The Hall–Kier alpha value is -1.78. The lowest BCUT2D eigenvalue weighted by atomic mass is 10.2. The summed E-state index contributed by atoms with van der Waals surface area (Å²) in [6, 6.07) is 11.6. The maximum atomic E-state index is 12.6. The Balaban J connectivity index is 0.00000192. The first kappa shape index (κ1) is 17.6. The number of rotatable bonds is 5. The van der Waals surface area contributed by atoms with E-state index < -0.39 is 0 Å². The molecule has 2 aromatic rings. The van der Waals surface area contributed by atoms with Crippen molar-refractivity contribution >= 4 is 35.6 Å². The number of nitrogens with two attached hydrogens (primary N) is 1. The van der Waals surface area contributed by atoms with E-state index in [9.17, 15) is 4.79 Å². The summed E-state index contributed by atoms with van der Waals surface area (Å²) in [5.41, 5.74) is 8.07. The van der Waals surface area contributed by atoms with Gasteiger partial charge in [-0.15, -0.1) is 12.4 Å². The highest BCUT2D eigenvalue weighted by Gasteiger charge is 2.32. The predicted octanol–water partition coefficient (Wildman–Crippen LogP) is 3.47. The summed E-state index contributed by atoms with van der Waals surface area (Å²) in [5, 5.41) is 0.708. The van der Waals surface area contributed by atoms with Crippen molar-refractivity contribution in [1.29, 1.82) is 0 Å². The number of halogens is 2. The smallest absolute Gasteiger partial charge is 0.229 e. The molecule has 1 aliphatic carbocycles. The minimum absolute atomic E-state index is 0. The molecule has 0 saturated heterocycles. The molecule has 0 spiro atoms. The van der Waals surface area contributed by atoms with E-state index in [2.05, 4.69) is 4.98 Å². The van der Waals surface area contributed by atoms with Gasteiger partial charge in [0.25, 0.3) is 0 Å². The molecule has 1 aromatic heterocycles. The van der Waals surface area contributed by atoms with Crippen LogP contribution < -0.4 is 5.73 Å².